The van der Waals surface area contributed by atoms with Gasteiger partial charge in [0, 0.05) is 46.7 Å². The number of benzene rings is 3. The van der Waals surface area contributed by atoms with Crippen molar-refractivity contribution in [3.05, 3.63) is 93.2 Å². The number of nitrogens with two attached hydrogens (primary N) is 1. The van der Waals surface area contributed by atoms with Crippen LogP contribution in [-0.4, -0.2) is 14.1 Å². The predicted molar refractivity (Wildman–Crippen MR) is 137 cm³/mol. The molecule has 0 fully saturated rings. The Morgan fingerprint density at radius 1 is 0.788 bits per heavy atom. The monoisotopic (exact) mass is 474 g/mol. The van der Waals surface area contributed by atoms with Crippen molar-refractivity contribution in [2.75, 3.05) is 5.73 Å². The lowest BCUT2D eigenvalue weighted by atomic mass is 9.98. The van der Waals surface area contributed by atoms with Crippen LogP contribution in [0.3, 0.4) is 0 Å². The van der Waals surface area contributed by atoms with Gasteiger partial charge in [0.05, 0.1) is 11.2 Å². The number of aromatic nitrogens is 3. The quantitative estimate of drug-likeness (QED) is 0.340. The van der Waals surface area contributed by atoms with Crippen LogP contribution in [0.15, 0.2) is 77.6 Å². The molecule has 2 N–H and O–H groups in total. The summed E-state index contributed by atoms with van der Waals surface area (Å²) in [7, 11) is 3.70. The van der Waals surface area contributed by atoms with Crippen molar-refractivity contribution in [2.45, 2.75) is 0 Å². The van der Waals surface area contributed by atoms with E-state index in [4.69, 9.17) is 28.9 Å². The van der Waals surface area contributed by atoms with Crippen molar-refractivity contribution in [3.8, 4) is 33.8 Å². The van der Waals surface area contributed by atoms with E-state index in [2.05, 4.69) is 4.98 Å². The average Bonchev–Trinajstić information content (AvgIpc) is 3.10. The minimum Gasteiger partial charge on any atom is -0.382 e. The number of aryl methyl sites for hydroxylation is 1. The van der Waals surface area contributed by atoms with Crippen molar-refractivity contribution in [2.24, 2.45) is 14.1 Å². The molecule has 3 aromatic carbocycles. The number of imidazole rings is 1. The standard InChI is InChI=1S/C26H20Cl2N4O/c1-31-22-11-8-17(13-21(22)20(14-23(31)33)16-4-3-5-19(28)12-16)24-25(29)30-26(32(24)2)15-6-9-18(27)10-7-15/h3-14H,29H2,1-2H3. The fourth-order valence-corrected chi connectivity index (χ4v) is 4.54. The molecule has 33 heavy (non-hydrogen) atoms. The first-order chi connectivity index (χ1) is 15.8. The lowest BCUT2D eigenvalue weighted by molar-refractivity contribution is 0.906. The molecule has 0 atom stereocenters. The average molecular weight is 475 g/mol. The molecule has 0 aliphatic rings. The van der Waals surface area contributed by atoms with E-state index in [1.54, 1.807) is 17.7 Å². The van der Waals surface area contributed by atoms with Gasteiger partial charge in [-0.25, -0.2) is 4.98 Å². The van der Waals surface area contributed by atoms with Crippen LogP contribution in [0.4, 0.5) is 5.82 Å². The molecule has 0 saturated heterocycles. The van der Waals surface area contributed by atoms with Crippen LogP contribution < -0.4 is 11.3 Å². The van der Waals surface area contributed by atoms with Gasteiger partial charge in [0.1, 0.15) is 5.82 Å². The number of pyridine rings is 1. The minimum atomic E-state index is -0.0877. The van der Waals surface area contributed by atoms with Gasteiger partial charge in [0.15, 0.2) is 5.82 Å². The van der Waals surface area contributed by atoms with Crippen molar-refractivity contribution < 1.29 is 0 Å². The van der Waals surface area contributed by atoms with Gasteiger partial charge >= 0.3 is 0 Å². The Bertz CT molecular complexity index is 1580. The third kappa shape index (κ3) is 3.69. The Morgan fingerprint density at radius 2 is 1.52 bits per heavy atom. The number of nitrogen functional groups attached to an aromatic ring is 1. The summed E-state index contributed by atoms with van der Waals surface area (Å²) in [5.41, 5.74) is 11.4. The maximum atomic E-state index is 12.6. The number of hydrogen-bond donors (Lipinski definition) is 1. The Kier molecular flexibility index (Phi) is 5.23. The third-order valence-electron chi connectivity index (χ3n) is 5.88. The molecule has 164 valence electrons. The van der Waals surface area contributed by atoms with Gasteiger partial charge in [-0.15, -0.1) is 0 Å². The molecule has 0 aliphatic heterocycles. The number of anilines is 1. The molecule has 0 amide bonds. The van der Waals surface area contributed by atoms with Crippen molar-refractivity contribution >= 4 is 39.9 Å². The van der Waals surface area contributed by atoms with E-state index >= 15 is 0 Å². The molecular formula is C26H20Cl2N4O. The fourth-order valence-electron chi connectivity index (χ4n) is 4.22. The molecule has 0 radical (unpaired) electrons. The van der Waals surface area contributed by atoms with E-state index in [1.807, 2.05) is 78.3 Å². The summed E-state index contributed by atoms with van der Waals surface area (Å²) >= 11 is 12.3. The third-order valence-corrected chi connectivity index (χ3v) is 6.37. The summed E-state index contributed by atoms with van der Waals surface area (Å²) in [6, 6.07) is 22.6. The van der Waals surface area contributed by atoms with Crippen LogP contribution in [0.5, 0.6) is 0 Å². The first-order valence-corrected chi connectivity index (χ1v) is 11.1. The smallest absolute Gasteiger partial charge is 0.251 e. The van der Waals surface area contributed by atoms with Crippen LogP contribution in [-0.2, 0) is 14.1 Å². The molecule has 5 aromatic rings. The maximum Gasteiger partial charge on any atom is 0.251 e. The van der Waals surface area contributed by atoms with Gasteiger partial charge in [0.25, 0.3) is 5.56 Å². The molecule has 2 aromatic heterocycles. The van der Waals surface area contributed by atoms with Gasteiger partial charge in [0.2, 0.25) is 0 Å². The SMILES string of the molecule is Cn1c(-c2ccc(Cl)cc2)nc(N)c1-c1ccc2c(c1)c(-c1cccc(Cl)c1)cc(=O)n2C. The summed E-state index contributed by atoms with van der Waals surface area (Å²) in [5, 5.41) is 2.20. The number of hydrogen-bond acceptors (Lipinski definition) is 3. The van der Waals surface area contributed by atoms with Crippen molar-refractivity contribution in [3.63, 3.8) is 0 Å². The molecule has 0 unspecified atom stereocenters. The summed E-state index contributed by atoms with van der Waals surface area (Å²) in [4.78, 5) is 17.3. The highest BCUT2D eigenvalue weighted by molar-refractivity contribution is 6.31. The Labute approximate surface area is 200 Å². The van der Waals surface area contributed by atoms with Gasteiger partial charge in [-0.05, 0) is 59.7 Å². The summed E-state index contributed by atoms with van der Waals surface area (Å²) in [6.07, 6.45) is 0. The first kappa shape index (κ1) is 21.3. The van der Waals surface area contributed by atoms with E-state index in [0.29, 0.717) is 15.9 Å². The van der Waals surface area contributed by atoms with Gasteiger partial charge in [-0.3, -0.25) is 4.79 Å². The van der Waals surface area contributed by atoms with Crippen molar-refractivity contribution in [1.29, 1.82) is 0 Å². The predicted octanol–water partition coefficient (Wildman–Crippen LogP) is 6.16. The molecule has 0 bridgehead atoms. The van der Waals surface area contributed by atoms with Crippen LogP contribution in [0, 0.1) is 0 Å². The molecule has 5 rings (SSSR count). The maximum absolute atomic E-state index is 12.6. The molecule has 0 aliphatic carbocycles. The number of fused-ring (bicyclic) bond motifs is 1. The summed E-state index contributed by atoms with van der Waals surface area (Å²) in [5.74, 6) is 1.17. The van der Waals surface area contributed by atoms with Crippen LogP contribution >= 0.6 is 23.2 Å². The zero-order valence-electron chi connectivity index (χ0n) is 18.0. The van der Waals surface area contributed by atoms with Gasteiger partial charge in [-0.1, -0.05) is 41.4 Å². The summed E-state index contributed by atoms with van der Waals surface area (Å²) in [6.45, 7) is 0. The Balaban J connectivity index is 1.74. The fraction of sp³-hybridized carbons (Fsp3) is 0.0769. The highest BCUT2D eigenvalue weighted by Crippen LogP contribution is 2.35. The largest absolute Gasteiger partial charge is 0.382 e. The molecular weight excluding hydrogens is 455 g/mol. The lowest BCUT2D eigenvalue weighted by Gasteiger charge is -2.13. The Hall–Kier alpha value is -3.54. The molecule has 0 spiro atoms. The van der Waals surface area contributed by atoms with E-state index in [0.717, 1.165) is 44.7 Å². The van der Waals surface area contributed by atoms with Crippen molar-refractivity contribution in [1.82, 2.24) is 14.1 Å². The zero-order chi connectivity index (χ0) is 23.3. The highest BCUT2D eigenvalue weighted by atomic mass is 35.5. The van der Waals surface area contributed by atoms with Crippen LogP contribution in [0.25, 0.3) is 44.7 Å². The summed E-state index contributed by atoms with van der Waals surface area (Å²) < 4.78 is 3.61. The zero-order valence-corrected chi connectivity index (χ0v) is 19.5. The number of nitrogens with zero attached hydrogens (tertiary/aromatic N) is 3. The van der Waals surface area contributed by atoms with E-state index < -0.39 is 0 Å². The molecule has 0 saturated carbocycles. The molecule has 7 heteroatoms. The second kappa shape index (κ2) is 8.10. The molecule has 2 heterocycles. The van der Waals surface area contributed by atoms with Crippen LogP contribution in [0.2, 0.25) is 10.0 Å². The molecule has 5 nitrogen and oxygen atoms in total. The van der Waals surface area contributed by atoms with Crippen LogP contribution in [0.1, 0.15) is 0 Å². The second-order valence-corrected chi connectivity index (χ2v) is 8.81. The topological polar surface area (TPSA) is 65.8 Å². The number of halogens is 2. The number of rotatable bonds is 3. The Morgan fingerprint density at radius 3 is 2.24 bits per heavy atom. The van der Waals surface area contributed by atoms with Gasteiger partial charge in [-0.2, -0.15) is 0 Å². The lowest BCUT2D eigenvalue weighted by Crippen LogP contribution is -2.16. The van der Waals surface area contributed by atoms with E-state index in [-0.39, 0.29) is 5.56 Å². The normalized spacial score (nSPS) is 11.3. The van der Waals surface area contributed by atoms with E-state index in [1.165, 1.54) is 0 Å². The van der Waals surface area contributed by atoms with Gasteiger partial charge < -0.3 is 14.9 Å². The first-order valence-electron chi connectivity index (χ1n) is 10.3. The highest BCUT2D eigenvalue weighted by Gasteiger charge is 2.18. The van der Waals surface area contributed by atoms with E-state index in [9.17, 15) is 4.79 Å². The minimum absolute atomic E-state index is 0.0877. The second-order valence-electron chi connectivity index (χ2n) is 7.93.